The molecule has 0 atom stereocenters. The maximum atomic E-state index is 5.67. The van der Waals surface area contributed by atoms with Crippen LogP contribution in [0.3, 0.4) is 0 Å². The van der Waals surface area contributed by atoms with Crippen LogP contribution in [0.5, 0.6) is 5.88 Å². The molecular formula is C16H26N2O. The van der Waals surface area contributed by atoms with Crippen LogP contribution >= 0.6 is 0 Å². The number of ether oxygens (including phenoxy) is 1. The SMILES string of the molecule is C=CCCOc1cc(CNC(C)C)cc(CCC)n1. The molecule has 0 saturated carbocycles. The number of aryl methyl sites for hydroxylation is 1. The summed E-state index contributed by atoms with van der Waals surface area (Å²) in [4.78, 5) is 4.54. The number of hydrogen-bond acceptors (Lipinski definition) is 3. The molecule has 0 aliphatic rings. The lowest BCUT2D eigenvalue weighted by Gasteiger charge is -2.12. The second-order valence-corrected chi connectivity index (χ2v) is 5.02. The van der Waals surface area contributed by atoms with Crippen molar-refractivity contribution in [3.05, 3.63) is 36.0 Å². The molecule has 1 aromatic heterocycles. The summed E-state index contributed by atoms with van der Waals surface area (Å²) in [6.45, 7) is 11.7. The van der Waals surface area contributed by atoms with Crippen LogP contribution in [0.1, 0.15) is 44.9 Å². The van der Waals surface area contributed by atoms with E-state index in [9.17, 15) is 0 Å². The molecule has 0 bridgehead atoms. The van der Waals surface area contributed by atoms with E-state index < -0.39 is 0 Å². The Morgan fingerprint density at radius 2 is 2.21 bits per heavy atom. The molecule has 0 aliphatic carbocycles. The van der Waals surface area contributed by atoms with Crippen molar-refractivity contribution in [2.24, 2.45) is 0 Å². The quantitative estimate of drug-likeness (QED) is 0.546. The van der Waals surface area contributed by atoms with Crippen molar-refractivity contribution >= 4 is 0 Å². The minimum Gasteiger partial charge on any atom is -0.477 e. The van der Waals surface area contributed by atoms with Gasteiger partial charge in [0.25, 0.3) is 0 Å². The summed E-state index contributed by atoms with van der Waals surface area (Å²) in [5.41, 5.74) is 2.35. The van der Waals surface area contributed by atoms with E-state index in [1.807, 2.05) is 12.1 Å². The molecule has 0 unspecified atom stereocenters. The molecule has 1 heterocycles. The van der Waals surface area contributed by atoms with Gasteiger partial charge in [-0.05, 0) is 24.5 Å². The molecule has 1 rings (SSSR count). The summed E-state index contributed by atoms with van der Waals surface area (Å²) in [5.74, 6) is 0.730. The third-order valence-corrected chi connectivity index (χ3v) is 2.71. The summed E-state index contributed by atoms with van der Waals surface area (Å²) in [7, 11) is 0. The van der Waals surface area contributed by atoms with E-state index in [-0.39, 0.29) is 0 Å². The van der Waals surface area contributed by atoms with Crippen molar-refractivity contribution in [2.75, 3.05) is 6.61 Å². The fourth-order valence-electron chi connectivity index (χ4n) is 1.75. The van der Waals surface area contributed by atoms with Gasteiger partial charge in [-0.25, -0.2) is 4.98 Å². The average Bonchev–Trinajstić information content (AvgIpc) is 2.37. The van der Waals surface area contributed by atoms with Gasteiger partial charge in [-0.15, -0.1) is 6.58 Å². The molecule has 106 valence electrons. The van der Waals surface area contributed by atoms with Crippen LogP contribution in [0.25, 0.3) is 0 Å². The average molecular weight is 262 g/mol. The predicted octanol–water partition coefficient (Wildman–Crippen LogP) is 3.49. The number of nitrogens with zero attached hydrogens (tertiary/aromatic N) is 1. The molecule has 0 spiro atoms. The van der Waals surface area contributed by atoms with Crippen LogP contribution in [0, 0.1) is 0 Å². The first-order chi connectivity index (χ1) is 9.15. The zero-order valence-electron chi connectivity index (χ0n) is 12.4. The molecule has 3 heteroatoms. The molecule has 0 aliphatic heterocycles. The van der Waals surface area contributed by atoms with Crippen LogP contribution in [0.4, 0.5) is 0 Å². The second-order valence-electron chi connectivity index (χ2n) is 5.02. The van der Waals surface area contributed by atoms with Gasteiger partial charge in [0.1, 0.15) is 0 Å². The third kappa shape index (κ3) is 6.39. The number of nitrogens with one attached hydrogen (secondary N) is 1. The lowest BCUT2D eigenvalue weighted by molar-refractivity contribution is 0.311. The van der Waals surface area contributed by atoms with E-state index in [4.69, 9.17) is 4.74 Å². The van der Waals surface area contributed by atoms with E-state index in [0.29, 0.717) is 12.6 Å². The van der Waals surface area contributed by atoms with Crippen LogP contribution in [-0.2, 0) is 13.0 Å². The maximum absolute atomic E-state index is 5.67. The minimum atomic E-state index is 0.480. The van der Waals surface area contributed by atoms with Crippen molar-refractivity contribution in [1.82, 2.24) is 10.3 Å². The van der Waals surface area contributed by atoms with E-state index >= 15 is 0 Å². The van der Waals surface area contributed by atoms with Gasteiger partial charge >= 0.3 is 0 Å². The Balaban J connectivity index is 2.74. The number of hydrogen-bond donors (Lipinski definition) is 1. The fraction of sp³-hybridized carbons (Fsp3) is 0.562. The van der Waals surface area contributed by atoms with Gasteiger partial charge < -0.3 is 10.1 Å². The Morgan fingerprint density at radius 3 is 2.84 bits per heavy atom. The minimum absolute atomic E-state index is 0.480. The Bertz CT molecular complexity index is 388. The van der Waals surface area contributed by atoms with Gasteiger partial charge in [0, 0.05) is 24.3 Å². The molecule has 1 aromatic rings. The summed E-state index contributed by atoms with van der Waals surface area (Å²) in [5, 5.41) is 3.43. The van der Waals surface area contributed by atoms with Crippen molar-refractivity contribution in [1.29, 1.82) is 0 Å². The van der Waals surface area contributed by atoms with Crippen molar-refractivity contribution in [3.63, 3.8) is 0 Å². The monoisotopic (exact) mass is 262 g/mol. The molecule has 0 aromatic carbocycles. The van der Waals surface area contributed by atoms with Gasteiger partial charge in [-0.1, -0.05) is 33.3 Å². The van der Waals surface area contributed by atoms with Gasteiger partial charge in [0.15, 0.2) is 0 Å². The molecular weight excluding hydrogens is 236 g/mol. The largest absolute Gasteiger partial charge is 0.477 e. The summed E-state index contributed by atoms with van der Waals surface area (Å²) < 4.78 is 5.67. The predicted molar refractivity (Wildman–Crippen MR) is 80.5 cm³/mol. The summed E-state index contributed by atoms with van der Waals surface area (Å²) in [6, 6.07) is 4.67. The number of pyridine rings is 1. The molecule has 0 saturated heterocycles. The smallest absolute Gasteiger partial charge is 0.213 e. The zero-order chi connectivity index (χ0) is 14.1. The molecule has 19 heavy (non-hydrogen) atoms. The van der Waals surface area contributed by atoms with E-state index in [1.165, 1.54) is 5.56 Å². The van der Waals surface area contributed by atoms with Crippen LogP contribution in [-0.4, -0.2) is 17.6 Å². The Hall–Kier alpha value is -1.35. The topological polar surface area (TPSA) is 34.1 Å². The highest BCUT2D eigenvalue weighted by atomic mass is 16.5. The van der Waals surface area contributed by atoms with Crippen LogP contribution < -0.4 is 10.1 Å². The summed E-state index contributed by atoms with van der Waals surface area (Å²) in [6.07, 6.45) is 4.80. The van der Waals surface area contributed by atoms with E-state index in [2.05, 4.69) is 43.7 Å². The van der Waals surface area contributed by atoms with Crippen molar-refractivity contribution < 1.29 is 4.74 Å². The maximum Gasteiger partial charge on any atom is 0.213 e. The third-order valence-electron chi connectivity index (χ3n) is 2.71. The molecule has 1 N–H and O–H groups in total. The lowest BCUT2D eigenvalue weighted by atomic mass is 10.1. The fourth-order valence-corrected chi connectivity index (χ4v) is 1.75. The Kier molecular flexibility index (Phi) is 7.19. The highest BCUT2D eigenvalue weighted by Gasteiger charge is 2.04. The Morgan fingerprint density at radius 1 is 1.42 bits per heavy atom. The van der Waals surface area contributed by atoms with Crippen molar-refractivity contribution in [3.8, 4) is 5.88 Å². The molecule has 0 amide bonds. The number of rotatable bonds is 9. The van der Waals surface area contributed by atoms with Gasteiger partial charge in [0.2, 0.25) is 5.88 Å². The summed E-state index contributed by atoms with van der Waals surface area (Å²) >= 11 is 0. The second kappa shape index (κ2) is 8.70. The van der Waals surface area contributed by atoms with Crippen LogP contribution in [0.15, 0.2) is 24.8 Å². The lowest BCUT2D eigenvalue weighted by Crippen LogP contribution is -2.22. The highest BCUT2D eigenvalue weighted by Crippen LogP contribution is 2.14. The molecule has 0 radical (unpaired) electrons. The van der Waals surface area contributed by atoms with Gasteiger partial charge in [-0.2, -0.15) is 0 Å². The van der Waals surface area contributed by atoms with Gasteiger partial charge in [0.05, 0.1) is 6.61 Å². The number of aromatic nitrogens is 1. The molecule has 0 fully saturated rings. The van der Waals surface area contributed by atoms with Crippen LogP contribution in [0.2, 0.25) is 0 Å². The Labute approximate surface area is 117 Å². The van der Waals surface area contributed by atoms with Gasteiger partial charge in [-0.3, -0.25) is 0 Å². The van der Waals surface area contributed by atoms with E-state index in [0.717, 1.165) is 37.4 Å². The first kappa shape index (κ1) is 15.7. The standard InChI is InChI=1S/C16H26N2O/c1-5-7-9-19-16-11-14(12-17-13(3)4)10-15(18-16)8-6-2/h5,10-11,13,17H,1,6-9,12H2,2-4H3. The normalized spacial score (nSPS) is 10.7. The first-order valence-electron chi connectivity index (χ1n) is 7.12. The van der Waals surface area contributed by atoms with Crippen molar-refractivity contribution in [2.45, 2.75) is 52.6 Å². The molecule has 3 nitrogen and oxygen atoms in total. The highest BCUT2D eigenvalue weighted by molar-refractivity contribution is 5.25. The van der Waals surface area contributed by atoms with E-state index in [1.54, 1.807) is 0 Å². The zero-order valence-corrected chi connectivity index (χ0v) is 12.4. The first-order valence-corrected chi connectivity index (χ1v) is 7.12.